The molecule has 3 rings (SSSR count). The van der Waals surface area contributed by atoms with E-state index >= 15 is 0 Å². The average Bonchev–Trinajstić information content (AvgIpc) is 3.39. The predicted octanol–water partition coefficient (Wildman–Crippen LogP) is 3.71. The van der Waals surface area contributed by atoms with Crippen LogP contribution in [0.15, 0.2) is 18.3 Å². The molecule has 1 aliphatic heterocycles. The fourth-order valence-corrected chi connectivity index (χ4v) is 3.85. The van der Waals surface area contributed by atoms with E-state index in [1.165, 1.54) is 19.2 Å². The lowest BCUT2D eigenvalue weighted by Crippen LogP contribution is -2.49. The van der Waals surface area contributed by atoms with Crippen molar-refractivity contribution in [3.8, 4) is 0 Å². The monoisotopic (exact) mass is 482 g/mol. The normalized spacial score (nSPS) is 19.9. The van der Waals surface area contributed by atoms with Gasteiger partial charge in [-0.1, -0.05) is 0 Å². The number of likely N-dealkylation sites (tertiary alicyclic amines) is 1. The molecule has 0 radical (unpaired) electrons. The Bertz CT molecular complexity index is 896. The van der Waals surface area contributed by atoms with Crippen molar-refractivity contribution >= 4 is 29.4 Å². The number of carbonyl (C=O) groups excluding carboxylic acids is 3. The summed E-state index contributed by atoms with van der Waals surface area (Å²) in [5.41, 5.74) is -0.0831. The number of pyridine rings is 1. The summed E-state index contributed by atoms with van der Waals surface area (Å²) >= 11 is 0. The van der Waals surface area contributed by atoms with E-state index in [0.29, 0.717) is 17.9 Å². The zero-order chi connectivity index (χ0) is 24.6. The number of alkyl halides is 6. The summed E-state index contributed by atoms with van der Waals surface area (Å²) in [5.74, 6) is -0.721. The summed E-state index contributed by atoms with van der Waals surface area (Å²) in [6.45, 7) is 1.07. The third-order valence-electron chi connectivity index (χ3n) is 5.67. The van der Waals surface area contributed by atoms with Crippen molar-refractivity contribution in [1.82, 2.24) is 9.88 Å². The van der Waals surface area contributed by atoms with Crippen LogP contribution in [0.25, 0.3) is 0 Å². The highest BCUT2D eigenvalue weighted by Gasteiger charge is 2.61. The molecule has 1 saturated carbocycles. The number of hydrogen-bond donors (Lipinski definition) is 2. The Labute approximate surface area is 183 Å². The molecule has 2 heterocycles. The minimum absolute atomic E-state index is 0.127. The summed E-state index contributed by atoms with van der Waals surface area (Å²) in [5, 5.41) is 5.16. The van der Waals surface area contributed by atoms with Crippen molar-refractivity contribution in [3.63, 3.8) is 0 Å². The maximum atomic E-state index is 12.6. The number of carbonyl (C=O) groups is 3. The molecule has 2 N–H and O–H groups in total. The second-order valence-corrected chi connectivity index (χ2v) is 8.06. The highest BCUT2D eigenvalue weighted by atomic mass is 19.4. The van der Waals surface area contributed by atoms with Gasteiger partial charge in [-0.3, -0.25) is 9.59 Å². The first-order chi connectivity index (χ1) is 15.2. The lowest BCUT2D eigenvalue weighted by Gasteiger charge is -2.33. The molecule has 0 aromatic carbocycles. The van der Waals surface area contributed by atoms with E-state index in [1.54, 1.807) is 6.07 Å². The van der Waals surface area contributed by atoms with Gasteiger partial charge in [0.05, 0.1) is 11.9 Å². The summed E-state index contributed by atoms with van der Waals surface area (Å²) in [6.07, 6.45) is -15.1. The fourth-order valence-electron chi connectivity index (χ4n) is 3.85. The molecule has 1 aliphatic carbocycles. The van der Waals surface area contributed by atoms with Gasteiger partial charge in [0, 0.05) is 25.9 Å². The van der Waals surface area contributed by atoms with Crippen molar-refractivity contribution < 1.29 is 45.5 Å². The van der Waals surface area contributed by atoms with E-state index < -0.39 is 35.9 Å². The van der Waals surface area contributed by atoms with Gasteiger partial charge in [-0.05, 0) is 36.8 Å². The average molecular weight is 482 g/mol. The molecule has 2 aliphatic rings. The topological polar surface area (TPSA) is 101 Å². The van der Waals surface area contributed by atoms with E-state index in [9.17, 15) is 40.7 Å². The van der Waals surface area contributed by atoms with Crippen molar-refractivity contribution in [2.45, 2.75) is 44.6 Å². The molecular formula is C19H20F6N4O4. The first-order valence-electron chi connectivity index (χ1n) is 9.85. The number of piperidine rings is 1. The van der Waals surface area contributed by atoms with Crippen LogP contribution in [0.1, 0.15) is 26.2 Å². The maximum absolute atomic E-state index is 12.6. The number of amides is 3. The van der Waals surface area contributed by atoms with Crippen molar-refractivity contribution in [3.05, 3.63) is 18.3 Å². The van der Waals surface area contributed by atoms with E-state index in [-0.39, 0.29) is 37.7 Å². The number of anilines is 2. The highest BCUT2D eigenvalue weighted by Crippen LogP contribution is 2.59. The van der Waals surface area contributed by atoms with E-state index in [4.69, 9.17) is 0 Å². The summed E-state index contributed by atoms with van der Waals surface area (Å²) in [4.78, 5) is 40.2. The van der Waals surface area contributed by atoms with Gasteiger partial charge in [-0.25, -0.2) is 9.78 Å². The first-order valence-corrected chi connectivity index (χ1v) is 9.85. The molecule has 182 valence electrons. The number of halogens is 6. The first kappa shape index (κ1) is 24.6. The molecule has 14 heteroatoms. The lowest BCUT2D eigenvalue weighted by molar-refractivity contribution is -0.308. The third kappa shape index (κ3) is 5.85. The Morgan fingerprint density at radius 2 is 1.70 bits per heavy atom. The van der Waals surface area contributed by atoms with Gasteiger partial charge in [-0.15, -0.1) is 0 Å². The third-order valence-corrected chi connectivity index (χ3v) is 5.67. The van der Waals surface area contributed by atoms with Crippen LogP contribution in [-0.4, -0.2) is 59.3 Å². The second-order valence-electron chi connectivity index (χ2n) is 8.06. The zero-order valence-electron chi connectivity index (χ0n) is 17.2. The Morgan fingerprint density at radius 1 is 1.09 bits per heavy atom. The number of nitrogens with one attached hydrogen (secondary N) is 2. The Hall–Kier alpha value is -3.06. The minimum atomic E-state index is -5.78. The van der Waals surface area contributed by atoms with Crippen molar-refractivity contribution in [2.24, 2.45) is 11.3 Å². The highest BCUT2D eigenvalue weighted by molar-refractivity contribution is 5.95. The van der Waals surface area contributed by atoms with E-state index in [1.807, 2.05) is 0 Å². The van der Waals surface area contributed by atoms with Gasteiger partial charge in [0.25, 0.3) is 6.10 Å². The van der Waals surface area contributed by atoms with Crippen LogP contribution >= 0.6 is 0 Å². The number of hydrogen-bond acceptors (Lipinski definition) is 5. The van der Waals surface area contributed by atoms with Crippen LogP contribution < -0.4 is 10.6 Å². The Kier molecular flexibility index (Phi) is 6.48. The smallest absolute Gasteiger partial charge is 0.426 e. The summed E-state index contributed by atoms with van der Waals surface area (Å²) in [7, 11) is 0. The molecule has 2 fully saturated rings. The van der Waals surface area contributed by atoms with E-state index in [2.05, 4.69) is 20.4 Å². The molecule has 1 saturated heterocycles. The maximum Gasteiger partial charge on any atom is 0.434 e. The number of ether oxygens (including phenoxy) is 1. The van der Waals surface area contributed by atoms with Crippen molar-refractivity contribution in [2.75, 3.05) is 23.7 Å². The standard InChI is InChI=1S/C19H20F6N4O4/c1-10(30)27-13-3-2-11(9-26-13)28-14(31)12-8-17(12)4-6-29(7-5-17)16(32)33-15(18(20,21)22)19(23,24)25/h2-3,9,12,15H,4-8H2,1H3,(H,28,31)(H,26,27,30)/t12-/m1/s1. The molecule has 1 aromatic heterocycles. The summed E-state index contributed by atoms with van der Waals surface area (Å²) in [6, 6.07) is 3.04. The van der Waals surface area contributed by atoms with Gasteiger partial charge in [0.2, 0.25) is 11.8 Å². The second kappa shape index (κ2) is 8.71. The van der Waals surface area contributed by atoms with Gasteiger partial charge in [0.15, 0.2) is 0 Å². The SMILES string of the molecule is CC(=O)Nc1ccc(NC(=O)[C@H]2CC23CCN(C(=O)OC(C(F)(F)F)C(F)(F)F)CC3)cn1. The molecule has 8 nitrogen and oxygen atoms in total. The lowest BCUT2D eigenvalue weighted by atomic mass is 9.91. The van der Waals surface area contributed by atoms with Crippen LogP contribution in [0.3, 0.4) is 0 Å². The molecule has 1 spiro atoms. The van der Waals surface area contributed by atoms with Gasteiger partial charge >= 0.3 is 18.4 Å². The number of aromatic nitrogens is 1. The largest absolute Gasteiger partial charge is 0.434 e. The van der Waals surface area contributed by atoms with Gasteiger partial charge < -0.3 is 20.3 Å². The zero-order valence-corrected chi connectivity index (χ0v) is 17.2. The molecule has 0 unspecified atom stereocenters. The fraction of sp³-hybridized carbons (Fsp3) is 0.579. The van der Waals surface area contributed by atoms with Crippen LogP contribution in [0, 0.1) is 11.3 Å². The van der Waals surface area contributed by atoms with Crippen LogP contribution in [0.5, 0.6) is 0 Å². The summed E-state index contributed by atoms with van der Waals surface area (Å²) < 4.78 is 79.3. The number of rotatable bonds is 4. The Morgan fingerprint density at radius 3 is 2.18 bits per heavy atom. The van der Waals surface area contributed by atoms with Crippen molar-refractivity contribution in [1.29, 1.82) is 0 Å². The molecule has 0 bridgehead atoms. The van der Waals surface area contributed by atoms with Gasteiger partial charge in [-0.2, -0.15) is 26.3 Å². The minimum Gasteiger partial charge on any atom is -0.426 e. The Balaban J connectivity index is 1.51. The quantitative estimate of drug-likeness (QED) is 0.638. The number of nitrogens with zero attached hydrogens (tertiary/aromatic N) is 2. The molecule has 3 amide bonds. The van der Waals surface area contributed by atoms with Crippen LogP contribution in [0.4, 0.5) is 42.6 Å². The van der Waals surface area contributed by atoms with Crippen LogP contribution in [-0.2, 0) is 14.3 Å². The van der Waals surface area contributed by atoms with Gasteiger partial charge in [0.1, 0.15) is 5.82 Å². The molecule has 33 heavy (non-hydrogen) atoms. The molecular weight excluding hydrogens is 462 g/mol. The molecule has 1 aromatic rings. The van der Waals surface area contributed by atoms with E-state index in [0.717, 1.165) is 4.90 Å². The molecule has 1 atom stereocenters. The van der Waals surface area contributed by atoms with Crippen LogP contribution in [0.2, 0.25) is 0 Å². The predicted molar refractivity (Wildman–Crippen MR) is 101 cm³/mol.